The zero-order valence-corrected chi connectivity index (χ0v) is 11.0. The van der Waals surface area contributed by atoms with Crippen molar-refractivity contribution in [2.24, 2.45) is 0 Å². The minimum Gasteiger partial charge on any atom is -0.488 e. The van der Waals surface area contributed by atoms with Crippen LogP contribution >= 0.6 is 0 Å². The van der Waals surface area contributed by atoms with E-state index in [1.165, 1.54) is 0 Å². The first-order valence-electron chi connectivity index (χ1n) is 6.56. The van der Waals surface area contributed by atoms with Gasteiger partial charge in [-0.2, -0.15) is 0 Å². The second-order valence-corrected chi connectivity index (χ2v) is 4.79. The summed E-state index contributed by atoms with van der Waals surface area (Å²) in [7, 11) is 0. The van der Waals surface area contributed by atoms with Crippen LogP contribution in [-0.2, 0) is 0 Å². The minimum absolute atomic E-state index is 0.227. The van der Waals surface area contributed by atoms with Gasteiger partial charge in [0.05, 0.1) is 6.54 Å². The fraction of sp³-hybridized carbons (Fsp3) is 0.333. The maximum Gasteiger partial charge on any atom is 0.128 e. The highest BCUT2D eigenvalue weighted by molar-refractivity contribution is 5.40. The van der Waals surface area contributed by atoms with E-state index >= 15 is 0 Å². The van der Waals surface area contributed by atoms with Crippen molar-refractivity contribution in [2.45, 2.75) is 19.4 Å². The third-order valence-electron chi connectivity index (χ3n) is 3.30. The van der Waals surface area contributed by atoms with Crippen LogP contribution in [0.4, 0.5) is 5.82 Å². The second kappa shape index (κ2) is 5.26. The Morgan fingerprint density at radius 2 is 2.05 bits per heavy atom. The first-order chi connectivity index (χ1) is 9.31. The second-order valence-electron chi connectivity index (χ2n) is 4.79. The van der Waals surface area contributed by atoms with Crippen LogP contribution in [0.25, 0.3) is 0 Å². The lowest BCUT2D eigenvalue weighted by Crippen LogP contribution is -2.25. The molecule has 98 valence electrons. The molecule has 3 heterocycles. The van der Waals surface area contributed by atoms with Crippen LogP contribution in [0.1, 0.15) is 12.1 Å². The number of pyridine rings is 2. The summed E-state index contributed by atoms with van der Waals surface area (Å²) >= 11 is 0. The highest BCUT2D eigenvalue weighted by atomic mass is 16.5. The largest absolute Gasteiger partial charge is 0.488 e. The van der Waals surface area contributed by atoms with Crippen molar-refractivity contribution in [3.63, 3.8) is 0 Å². The van der Waals surface area contributed by atoms with Gasteiger partial charge in [0.15, 0.2) is 0 Å². The molecule has 1 unspecified atom stereocenters. The van der Waals surface area contributed by atoms with E-state index < -0.39 is 0 Å². The average Bonchev–Trinajstić information content (AvgIpc) is 2.88. The maximum atomic E-state index is 5.95. The van der Waals surface area contributed by atoms with Gasteiger partial charge in [-0.05, 0) is 31.2 Å². The number of nitrogens with zero attached hydrogens (tertiary/aromatic N) is 3. The van der Waals surface area contributed by atoms with Gasteiger partial charge in [-0.3, -0.25) is 4.98 Å². The fourth-order valence-electron chi connectivity index (χ4n) is 2.35. The van der Waals surface area contributed by atoms with Gasteiger partial charge in [0.2, 0.25) is 0 Å². The Morgan fingerprint density at radius 1 is 1.21 bits per heavy atom. The predicted molar refractivity (Wildman–Crippen MR) is 74.5 cm³/mol. The van der Waals surface area contributed by atoms with E-state index in [1.807, 2.05) is 25.1 Å². The molecule has 19 heavy (non-hydrogen) atoms. The van der Waals surface area contributed by atoms with Crippen molar-refractivity contribution < 1.29 is 4.74 Å². The van der Waals surface area contributed by atoms with Crippen molar-refractivity contribution >= 4 is 5.82 Å². The third kappa shape index (κ3) is 2.84. The molecule has 0 bridgehead atoms. The molecule has 4 nitrogen and oxygen atoms in total. The molecular weight excluding hydrogens is 238 g/mol. The Balaban J connectivity index is 1.64. The highest BCUT2D eigenvalue weighted by Crippen LogP contribution is 2.21. The fourth-order valence-corrected chi connectivity index (χ4v) is 2.35. The lowest BCUT2D eigenvalue weighted by Gasteiger charge is -2.18. The predicted octanol–water partition coefficient (Wildman–Crippen LogP) is 2.44. The molecule has 2 aromatic rings. The minimum atomic E-state index is 0.227. The first kappa shape index (κ1) is 12.0. The van der Waals surface area contributed by atoms with Gasteiger partial charge in [0.1, 0.15) is 17.7 Å². The molecule has 0 saturated carbocycles. The van der Waals surface area contributed by atoms with Crippen LogP contribution in [0.2, 0.25) is 0 Å². The Morgan fingerprint density at radius 3 is 2.84 bits per heavy atom. The van der Waals surface area contributed by atoms with Gasteiger partial charge in [-0.1, -0.05) is 6.07 Å². The number of anilines is 1. The zero-order chi connectivity index (χ0) is 13.1. The van der Waals surface area contributed by atoms with Crippen LogP contribution in [-0.4, -0.2) is 29.2 Å². The SMILES string of the molecule is Cc1cccc(N2CCC(Oc3ccncc3)C2)n1. The summed E-state index contributed by atoms with van der Waals surface area (Å²) in [4.78, 5) is 10.8. The van der Waals surface area contributed by atoms with Gasteiger partial charge >= 0.3 is 0 Å². The van der Waals surface area contributed by atoms with E-state index in [0.29, 0.717) is 0 Å². The van der Waals surface area contributed by atoms with Crippen molar-refractivity contribution in [3.8, 4) is 5.75 Å². The Bertz CT molecular complexity index is 544. The van der Waals surface area contributed by atoms with Crippen molar-refractivity contribution in [1.82, 2.24) is 9.97 Å². The topological polar surface area (TPSA) is 38.2 Å². The summed E-state index contributed by atoms with van der Waals surface area (Å²) in [6.07, 6.45) is 4.76. The molecule has 1 aliphatic rings. The molecule has 4 heteroatoms. The average molecular weight is 255 g/mol. The van der Waals surface area contributed by atoms with Gasteiger partial charge in [-0.15, -0.1) is 0 Å². The Labute approximate surface area is 113 Å². The molecule has 3 rings (SSSR count). The molecular formula is C15H17N3O. The monoisotopic (exact) mass is 255 g/mol. The first-order valence-corrected chi connectivity index (χ1v) is 6.56. The van der Waals surface area contributed by atoms with Crippen LogP contribution < -0.4 is 9.64 Å². The number of aromatic nitrogens is 2. The number of hydrogen-bond acceptors (Lipinski definition) is 4. The molecule has 1 atom stereocenters. The molecule has 0 aromatic carbocycles. The number of rotatable bonds is 3. The van der Waals surface area contributed by atoms with Crippen LogP contribution in [0, 0.1) is 6.92 Å². The number of ether oxygens (including phenoxy) is 1. The summed E-state index contributed by atoms with van der Waals surface area (Å²) in [5.74, 6) is 1.93. The summed E-state index contributed by atoms with van der Waals surface area (Å²) < 4.78 is 5.95. The highest BCUT2D eigenvalue weighted by Gasteiger charge is 2.24. The van der Waals surface area contributed by atoms with Gasteiger partial charge < -0.3 is 9.64 Å². The number of aryl methyl sites for hydroxylation is 1. The molecule has 0 N–H and O–H groups in total. The summed E-state index contributed by atoms with van der Waals surface area (Å²) in [5.41, 5.74) is 1.05. The third-order valence-corrected chi connectivity index (χ3v) is 3.30. The van der Waals surface area contributed by atoms with E-state index in [1.54, 1.807) is 12.4 Å². The van der Waals surface area contributed by atoms with Crippen molar-refractivity contribution in [1.29, 1.82) is 0 Å². The van der Waals surface area contributed by atoms with E-state index in [-0.39, 0.29) is 6.10 Å². The molecule has 0 aliphatic carbocycles. The Hall–Kier alpha value is -2.10. The lowest BCUT2D eigenvalue weighted by molar-refractivity contribution is 0.224. The molecule has 1 saturated heterocycles. The van der Waals surface area contributed by atoms with Crippen LogP contribution in [0.5, 0.6) is 5.75 Å². The van der Waals surface area contributed by atoms with Crippen LogP contribution in [0.15, 0.2) is 42.7 Å². The molecule has 0 spiro atoms. The summed E-state index contributed by atoms with van der Waals surface area (Å²) in [6, 6.07) is 9.92. The Kier molecular flexibility index (Phi) is 3.31. The van der Waals surface area contributed by atoms with Crippen LogP contribution in [0.3, 0.4) is 0 Å². The van der Waals surface area contributed by atoms with Crippen molar-refractivity contribution in [2.75, 3.05) is 18.0 Å². The quantitative estimate of drug-likeness (QED) is 0.844. The molecule has 0 radical (unpaired) electrons. The van der Waals surface area contributed by atoms with Gasteiger partial charge in [0, 0.05) is 31.1 Å². The lowest BCUT2D eigenvalue weighted by atomic mass is 10.3. The van der Waals surface area contributed by atoms with Gasteiger partial charge in [-0.25, -0.2) is 4.98 Å². The summed E-state index contributed by atoms with van der Waals surface area (Å²) in [6.45, 7) is 3.90. The van der Waals surface area contributed by atoms with Gasteiger partial charge in [0.25, 0.3) is 0 Å². The number of hydrogen-bond donors (Lipinski definition) is 0. The van der Waals surface area contributed by atoms with E-state index in [2.05, 4.69) is 27.0 Å². The molecule has 1 aliphatic heterocycles. The van der Waals surface area contributed by atoms with E-state index in [9.17, 15) is 0 Å². The van der Waals surface area contributed by atoms with E-state index in [4.69, 9.17) is 4.74 Å². The maximum absolute atomic E-state index is 5.95. The zero-order valence-electron chi connectivity index (χ0n) is 11.0. The van der Waals surface area contributed by atoms with Crippen molar-refractivity contribution in [3.05, 3.63) is 48.4 Å². The smallest absolute Gasteiger partial charge is 0.128 e. The van der Waals surface area contributed by atoms with E-state index in [0.717, 1.165) is 36.8 Å². The normalized spacial score (nSPS) is 18.6. The molecule has 2 aromatic heterocycles. The summed E-state index contributed by atoms with van der Waals surface area (Å²) in [5, 5.41) is 0. The molecule has 1 fully saturated rings. The standard InChI is InChI=1S/C15H17N3O/c1-12-3-2-4-15(17-12)18-10-7-14(11-18)19-13-5-8-16-9-6-13/h2-6,8-9,14H,7,10-11H2,1H3. The molecule has 0 amide bonds.